The molecule has 0 fully saturated rings. The van der Waals surface area contributed by atoms with Gasteiger partial charge in [0, 0.05) is 16.0 Å². The third-order valence-corrected chi connectivity index (χ3v) is 4.65. The van der Waals surface area contributed by atoms with Gasteiger partial charge < -0.3 is 0 Å². The van der Waals surface area contributed by atoms with Crippen molar-refractivity contribution >= 4 is 51.5 Å². The van der Waals surface area contributed by atoms with Crippen LogP contribution in [0.3, 0.4) is 0 Å². The van der Waals surface area contributed by atoms with Gasteiger partial charge in [-0.3, -0.25) is 5.43 Å². The maximum Gasteiger partial charge on any atom is 0.203 e. The summed E-state index contributed by atoms with van der Waals surface area (Å²) in [7, 11) is 0. The number of hydrogen-bond acceptors (Lipinski definition) is 4. The number of hydrazone groups is 1. The SMILES string of the molecule is CC(/C=C/c1ccccc1)=N/Nc1nc(-c2ccc(Cl)cc2Cl)cs1. The van der Waals surface area contributed by atoms with Crippen LogP contribution in [0.25, 0.3) is 17.3 Å². The number of allylic oxidation sites excluding steroid dienone is 1. The van der Waals surface area contributed by atoms with Gasteiger partial charge in [-0.1, -0.05) is 59.6 Å². The van der Waals surface area contributed by atoms with E-state index in [9.17, 15) is 0 Å². The maximum atomic E-state index is 6.22. The number of halogens is 2. The molecule has 0 amide bonds. The van der Waals surface area contributed by atoms with Crippen LogP contribution >= 0.6 is 34.5 Å². The summed E-state index contributed by atoms with van der Waals surface area (Å²) in [6.45, 7) is 1.93. The number of nitrogens with one attached hydrogen (secondary N) is 1. The Bertz CT molecular complexity index is 917. The number of rotatable bonds is 5. The summed E-state index contributed by atoms with van der Waals surface area (Å²) in [5, 5.41) is 8.14. The lowest BCUT2D eigenvalue weighted by Gasteiger charge is -2.00. The minimum atomic E-state index is 0.579. The zero-order valence-corrected chi connectivity index (χ0v) is 15.7. The molecule has 0 atom stereocenters. The van der Waals surface area contributed by atoms with Gasteiger partial charge >= 0.3 is 0 Å². The lowest BCUT2D eigenvalue weighted by Crippen LogP contribution is -1.94. The highest BCUT2D eigenvalue weighted by atomic mass is 35.5. The molecular formula is C19H15Cl2N3S. The van der Waals surface area contributed by atoms with Crippen molar-refractivity contribution in [2.75, 3.05) is 5.43 Å². The molecule has 0 aliphatic rings. The van der Waals surface area contributed by atoms with E-state index in [0.717, 1.165) is 22.5 Å². The molecule has 1 heterocycles. The third kappa shape index (κ3) is 4.92. The summed E-state index contributed by atoms with van der Waals surface area (Å²) >= 11 is 13.6. The van der Waals surface area contributed by atoms with Crippen molar-refractivity contribution in [2.24, 2.45) is 5.10 Å². The summed E-state index contributed by atoms with van der Waals surface area (Å²) in [6, 6.07) is 15.5. The van der Waals surface area contributed by atoms with Crippen LogP contribution in [0.2, 0.25) is 10.0 Å². The lowest BCUT2D eigenvalue weighted by atomic mass is 10.2. The molecule has 6 heteroatoms. The molecule has 0 bridgehead atoms. The Hall–Kier alpha value is -2.14. The molecule has 0 radical (unpaired) electrons. The molecule has 0 unspecified atom stereocenters. The van der Waals surface area contributed by atoms with E-state index in [1.165, 1.54) is 11.3 Å². The van der Waals surface area contributed by atoms with E-state index in [2.05, 4.69) is 15.5 Å². The van der Waals surface area contributed by atoms with Gasteiger partial charge in [-0.05, 0) is 36.8 Å². The van der Waals surface area contributed by atoms with Crippen molar-refractivity contribution < 1.29 is 0 Å². The van der Waals surface area contributed by atoms with Gasteiger partial charge in [-0.25, -0.2) is 4.98 Å². The maximum absolute atomic E-state index is 6.22. The highest BCUT2D eigenvalue weighted by molar-refractivity contribution is 7.14. The van der Waals surface area contributed by atoms with Crippen LogP contribution in [0.1, 0.15) is 12.5 Å². The predicted octanol–water partition coefficient (Wildman–Crippen LogP) is 6.62. The Kier molecular flexibility index (Phi) is 5.87. The van der Waals surface area contributed by atoms with Crippen molar-refractivity contribution in [3.63, 3.8) is 0 Å². The Morgan fingerprint density at radius 3 is 2.72 bits per heavy atom. The molecule has 0 saturated carbocycles. The van der Waals surface area contributed by atoms with E-state index >= 15 is 0 Å². The van der Waals surface area contributed by atoms with Gasteiger partial charge in [0.1, 0.15) is 0 Å². The topological polar surface area (TPSA) is 37.3 Å². The highest BCUT2D eigenvalue weighted by Gasteiger charge is 2.08. The number of hydrogen-bond donors (Lipinski definition) is 1. The van der Waals surface area contributed by atoms with Gasteiger partial charge in [0.15, 0.2) is 0 Å². The first-order valence-electron chi connectivity index (χ1n) is 7.56. The Morgan fingerprint density at radius 1 is 1.16 bits per heavy atom. The summed E-state index contributed by atoms with van der Waals surface area (Å²) in [6.07, 6.45) is 3.97. The smallest absolute Gasteiger partial charge is 0.203 e. The molecule has 0 spiro atoms. The zero-order chi connectivity index (χ0) is 17.6. The molecule has 3 aromatic rings. The van der Waals surface area contributed by atoms with Crippen LogP contribution in [0.15, 0.2) is 65.1 Å². The average molecular weight is 388 g/mol. The first-order chi connectivity index (χ1) is 12.1. The van der Waals surface area contributed by atoms with E-state index in [4.69, 9.17) is 23.2 Å². The van der Waals surface area contributed by atoms with Gasteiger partial charge in [-0.2, -0.15) is 5.10 Å². The van der Waals surface area contributed by atoms with Crippen molar-refractivity contribution in [1.82, 2.24) is 4.98 Å². The molecule has 25 heavy (non-hydrogen) atoms. The normalized spacial score (nSPS) is 11.9. The van der Waals surface area contributed by atoms with Gasteiger partial charge in [0.25, 0.3) is 0 Å². The molecule has 3 nitrogen and oxygen atoms in total. The molecule has 2 aromatic carbocycles. The fourth-order valence-corrected chi connectivity index (χ4v) is 3.26. The Labute approximate surface area is 160 Å². The van der Waals surface area contributed by atoms with Gasteiger partial charge in [0.2, 0.25) is 5.13 Å². The molecule has 1 aromatic heterocycles. The van der Waals surface area contributed by atoms with E-state index in [1.54, 1.807) is 12.1 Å². The fraction of sp³-hybridized carbons (Fsp3) is 0.0526. The quantitative estimate of drug-likeness (QED) is 0.394. The number of anilines is 1. The molecule has 0 saturated heterocycles. The van der Waals surface area contributed by atoms with Crippen molar-refractivity contribution in [1.29, 1.82) is 0 Å². The standard InChI is InChI=1S/C19H15Cl2N3S/c1-13(7-8-14-5-3-2-4-6-14)23-24-19-22-18(12-25-19)16-10-9-15(20)11-17(16)21/h2-12H,1H3,(H,22,24)/b8-7+,23-13-. The number of aromatic nitrogens is 1. The molecule has 1 N–H and O–H groups in total. The summed E-state index contributed by atoms with van der Waals surface area (Å²) in [4.78, 5) is 4.51. The van der Waals surface area contributed by atoms with Crippen LogP contribution in [0.5, 0.6) is 0 Å². The van der Waals surface area contributed by atoms with Crippen LogP contribution in [-0.4, -0.2) is 10.7 Å². The largest absolute Gasteiger partial charge is 0.252 e. The number of benzene rings is 2. The third-order valence-electron chi connectivity index (χ3n) is 3.36. The monoisotopic (exact) mass is 387 g/mol. The van der Waals surface area contributed by atoms with E-state index < -0.39 is 0 Å². The Morgan fingerprint density at radius 2 is 1.96 bits per heavy atom. The second-order valence-electron chi connectivity index (χ2n) is 5.27. The summed E-state index contributed by atoms with van der Waals surface area (Å²) in [5.74, 6) is 0. The molecule has 0 aliphatic heterocycles. The van der Waals surface area contributed by atoms with E-state index in [0.29, 0.717) is 15.2 Å². The molecule has 3 rings (SSSR count). The second-order valence-corrected chi connectivity index (χ2v) is 6.97. The van der Waals surface area contributed by atoms with Crippen LogP contribution in [0.4, 0.5) is 5.13 Å². The fourth-order valence-electron chi connectivity index (χ4n) is 2.10. The van der Waals surface area contributed by atoms with Gasteiger partial charge in [0.05, 0.1) is 16.4 Å². The molecule has 0 aliphatic carbocycles. The Balaban J connectivity index is 1.68. The minimum Gasteiger partial charge on any atom is -0.252 e. The predicted molar refractivity (Wildman–Crippen MR) is 110 cm³/mol. The van der Waals surface area contributed by atoms with Crippen molar-refractivity contribution in [2.45, 2.75) is 6.92 Å². The van der Waals surface area contributed by atoms with E-state index in [-0.39, 0.29) is 0 Å². The average Bonchev–Trinajstić information content (AvgIpc) is 3.08. The molecular weight excluding hydrogens is 373 g/mol. The highest BCUT2D eigenvalue weighted by Crippen LogP contribution is 2.32. The summed E-state index contributed by atoms with van der Waals surface area (Å²) < 4.78 is 0. The zero-order valence-electron chi connectivity index (χ0n) is 13.4. The first-order valence-corrected chi connectivity index (χ1v) is 9.20. The first kappa shape index (κ1) is 17.7. The lowest BCUT2D eigenvalue weighted by molar-refractivity contribution is 1.28. The second kappa shape index (κ2) is 8.30. The molecule has 126 valence electrons. The van der Waals surface area contributed by atoms with Crippen LogP contribution in [-0.2, 0) is 0 Å². The van der Waals surface area contributed by atoms with Crippen LogP contribution < -0.4 is 5.43 Å². The van der Waals surface area contributed by atoms with E-state index in [1.807, 2.05) is 60.9 Å². The number of nitrogens with zero attached hydrogens (tertiary/aromatic N) is 2. The van der Waals surface area contributed by atoms with Crippen molar-refractivity contribution in [3.05, 3.63) is 75.6 Å². The minimum absolute atomic E-state index is 0.579. The number of thiazole rings is 1. The summed E-state index contributed by atoms with van der Waals surface area (Å²) in [5.41, 5.74) is 6.60. The van der Waals surface area contributed by atoms with Gasteiger partial charge in [-0.15, -0.1) is 11.3 Å². The van der Waals surface area contributed by atoms with Crippen molar-refractivity contribution in [3.8, 4) is 11.3 Å². The van der Waals surface area contributed by atoms with Crippen LogP contribution in [0, 0.1) is 0 Å².